The van der Waals surface area contributed by atoms with Crippen molar-refractivity contribution < 1.29 is 16.8 Å². The minimum atomic E-state index is -3.30. The summed E-state index contributed by atoms with van der Waals surface area (Å²) >= 11 is 0. The summed E-state index contributed by atoms with van der Waals surface area (Å²) in [7, 11) is -6.59. The third-order valence-electron chi connectivity index (χ3n) is 5.03. The van der Waals surface area contributed by atoms with Crippen LogP contribution in [-0.2, 0) is 25.2 Å². The Balaban J connectivity index is 1.81. The van der Waals surface area contributed by atoms with E-state index in [-0.39, 0.29) is 9.79 Å². The average Bonchev–Trinajstić information content (AvgIpc) is 3.14. The van der Waals surface area contributed by atoms with Gasteiger partial charge < -0.3 is 5.32 Å². The molecule has 3 aromatic rings. The molecule has 2 heterocycles. The number of hydrogen-bond acceptors (Lipinski definition) is 7. The lowest BCUT2D eigenvalue weighted by Crippen LogP contribution is -2.35. The zero-order valence-corrected chi connectivity index (χ0v) is 18.2. The van der Waals surface area contributed by atoms with Crippen molar-refractivity contribution >= 4 is 31.3 Å². The molecule has 1 aliphatic heterocycles. The van der Waals surface area contributed by atoms with Crippen molar-refractivity contribution in [3.8, 4) is 0 Å². The molecule has 1 aromatic heterocycles. The first-order valence-corrected chi connectivity index (χ1v) is 12.8. The molecule has 1 N–H and O–H groups in total. The van der Waals surface area contributed by atoms with Crippen LogP contribution < -0.4 is 5.32 Å². The molecule has 0 bridgehead atoms. The molecule has 8 nitrogen and oxygen atoms in total. The second kappa shape index (κ2) is 6.78. The second-order valence-electron chi connectivity index (χ2n) is 7.45. The fourth-order valence-electron chi connectivity index (χ4n) is 3.39. The Hall–Kier alpha value is -2.98. The van der Waals surface area contributed by atoms with Crippen LogP contribution in [0.4, 0.5) is 5.95 Å². The molecule has 0 amide bonds. The van der Waals surface area contributed by atoms with Gasteiger partial charge in [-0.3, -0.25) is 0 Å². The number of fused-ring (bicyclic) bond motifs is 1. The number of anilines is 1. The zero-order valence-electron chi connectivity index (χ0n) is 16.6. The van der Waals surface area contributed by atoms with Gasteiger partial charge in [0.25, 0.3) is 0 Å². The summed E-state index contributed by atoms with van der Waals surface area (Å²) < 4.78 is 48.7. The predicted octanol–water partition coefficient (Wildman–Crippen LogP) is 2.32. The number of benzene rings is 2. The topological polar surface area (TPSA) is 111 Å². The van der Waals surface area contributed by atoms with Gasteiger partial charge in [0, 0.05) is 18.1 Å². The minimum Gasteiger partial charge on any atom is -0.341 e. The minimum absolute atomic E-state index is 0.235. The fourth-order valence-corrected chi connectivity index (χ4v) is 4.65. The van der Waals surface area contributed by atoms with Crippen LogP contribution in [0.15, 0.2) is 70.7 Å². The van der Waals surface area contributed by atoms with Crippen LogP contribution >= 0.6 is 0 Å². The molecule has 2 aromatic carbocycles. The Bertz CT molecular complexity index is 1360. The van der Waals surface area contributed by atoms with Crippen LogP contribution in [0, 0.1) is 0 Å². The molecule has 10 heteroatoms. The number of hydrogen-bond donors (Lipinski definition) is 1. The van der Waals surface area contributed by atoms with Crippen molar-refractivity contribution in [1.29, 1.82) is 0 Å². The van der Waals surface area contributed by atoms with Crippen molar-refractivity contribution in [2.24, 2.45) is 0 Å². The smallest absolute Gasteiger partial charge is 0.226 e. The SMILES string of the molecule is CC1(c2ccc(S(C)(=O)=O)cc2)C=C(c2ccc(S(C)(=O)=O)cc2)n2ncnc2N1. The molecule has 30 heavy (non-hydrogen) atoms. The molecule has 0 saturated heterocycles. The van der Waals surface area contributed by atoms with E-state index in [1.807, 2.05) is 13.0 Å². The van der Waals surface area contributed by atoms with E-state index in [1.165, 1.54) is 18.8 Å². The molecule has 4 rings (SSSR count). The Morgan fingerprint density at radius 3 is 1.93 bits per heavy atom. The van der Waals surface area contributed by atoms with E-state index >= 15 is 0 Å². The largest absolute Gasteiger partial charge is 0.341 e. The van der Waals surface area contributed by atoms with E-state index < -0.39 is 25.2 Å². The van der Waals surface area contributed by atoms with Crippen LogP contribution in [0.5, 0.6) is 0 Å². The third kappa shape index (κ3) is 3.63. The lowest BCUT2D eigenvalue weighted by atomic mass is 9.89. The van der Waals surface area contributed by atoms with Gasteiger partial charge in [-0.1, -0.05) is 24.3 Å². The summed E-state index contributed by atoms with van der Waals surface area (Å²) in [5.74, 6) is 0.523. The maximum absolute atomic E-state index is 11.8. The first-order valence-electron chi connectivity index (χ1n) is 9.00. The van der Waals surface area contributed by atoms with E-state index in [1.54, 1.807) is 53.2 Å². The third-order valence-corrected chi connectivity index (χ3v) is 7.29. The number of rotatable bonds is 4. The van der Waals surface area contributed by atoms with Crippen LogP contribution in [0.1, 0.15) is 18.1 Å². The van der Waals surface area contributed by atoms with Crippen molar-refractivity contribution in [3.63, 3.8) is 0 Å². The molecule has 0 saturated carbocycles. The standard InChI is InChI=1S/C20H20N4O4S2/c1-20(15-6-10-17(11-7-15)30(3,27)28)12-18(24-19(23-20)21-13-22-24)14-4-8-16(9-5-14)29(2,25)26/h4-13H,1-3H3,(H,21,22,23). The van der Waals surface area contributed by atoms with E-state index in [9.17, 15) is 16.8 Å². The van der Waals surface area contributed by atoms with Gasteiger partial charge in [-0.25, -0.2) is 16.8 Å². The average molecular weight is 445 g/mol. The van der Waals surface area contributed by atoms with Gasteiger partial charge in [-0.05, 0) is 42.8 Å². The van der Waals surface area contributed by atoms with Crippen molar-refractivity contribution in [2.75, 3.05) is 17.8 Å². The highest BCUT2D eigenvalue weighted by molar-refractivity contribution is 7.91. The van der Waals surface area contributed by atoms with Gasteiger partial charge in [0.2, 0.25) is 5.95 Å². The quantitative estimate of drug-likeness (QED) is 0.657. The van der Waals surface area contributed by atoms with Crippen LogP contribution in [-0.4, -0.2) is 44.1 Å². The Kier molecular flexibility index (Phi) is 4.59. The first kappa shape index (κ1) is 20.3. The number of sulfone groups is 2. The van der Waals surface area contributed by atoms with Gasteiger partial charge in [-0.15, -0.1) is 0 Å². The number of aromatic nitrogens is 3. The van der Waals surface area contributed by atoms with Gasteiger partial charge >= 0.3 is 0 Å². The normalized spacial score (nSPS) is 19.0. The number of nitrogens with zero attached hydrogens (tertiary/aromatic N) is 3. The van der Waals surface area contributed by atoms with Gasteiger partial charge in [-0.2, -0.15) is 14.8 Å². The molecular weight excluding hydrogens is 424 g/mol. The van der Waals surface area contributed by atoms with Crippen LogP contribution in [0.3, 0.4) is 0 Å². The lowest BCUT2D eigenvalue weighted by Gasteiger charge is -2.34. The van der Waals surface area contributed by atoms with E-state index in [4.69, 9.17) is 0 Å². The first-order chi connectivity index (χ1) is 14.0. The summed E-state index contributed by atoms with van der Waals surface area (Å²) in [4.78, 5) is 4.75. The Morgan fingerprint density at radius 1 is 0.867 bits per heavy atom. The lowest BCUT2D eigenvalue weighted by molar-refractivity contribution is 0.600. The van der Waals surface area contributed by atoms with Gasteiger partial charge in [0.15, 0.2) is 19.7 Å². The highest BCUT2D eigenvalue weighted by Gasteiger charge is 2.32. The molecule has 0 spiro atoms. The molecule has 0 radical (unpaired) electrons. The highest BCUT2D eigenvalue weighted by Crippen LogP contribution is 2.36. The summed E-state index contributed by atoms with van der Waals surface area (Å²) in [6.07, 6.45) is 5.72. The van der Waals surface area contributed by atoms with E-state index in [0.29, 0.717) is 5.95 Å². The second-order valence-corrected chi connectivity index (χ2v) is 11.5. The number of nitrogens with one attached hydrogen (secondary N) is 1. The summed E-state index contributed by atoms with van der Waals surface area (Å²) in [5.41, 5.74) is 1.66. The monoisotopic (exact) mass is 444 g/mol. The Morgan fingerprint density at radius 2 is 1.40 bits per heavy atom. The summed E-state index contributed by atoms with van der Waals surface area (Å²) in [5, 5.41) is 7.60. The fraction of sp³-hybridized carbons (Fsp3) is 0.200. The van der Waals surface area contributed by atoms with Gasteiger partial charge in [0.05, 0.1) is 21.0 Å². The van der Waals surface area contributed by atoms with Crippen molar-refractivity contribution in [3.05, 3.63) is 72.1 Å². The predicted molar refractivity (Wildman–Crippen MR) is 113 cm³/mol. The zero-order chi connectivity index (χ0) is 21.7. The highest BCUT2D eigenvalue weighted by atomic mass is 32.2. The summed E-state index contributed by atoms with van der Waals surface area (Å²) in [6, 6.07) is 13.2. The molecule has 1 aliphatic rings. The molecule has 156 valence electrons. The molecule has 0 aliphatic carbocycles. The Labute approximate surface area is 175 Å². The van der Waals surface area contributed by atoms with Crippen molar-refractivity contribution in [1.82, 2.24) is 14.8 Å². The maximum Gasteiger partial charge on any atom is 0.226 e. The van der Waals surface area contributed by atoms with E-state index in [0.717, 1.165) is 16.8 Å². The summed E-state index contributed by atoms with van der Waals surface area (Å²) in [6.45, 7) is 1.95. The molecular formula is C20H20N4O4S2. The maximum atomic E-state index is 11.8. The molecule has 0 fully saturated rings. The van der Waals surface area contributed by atoms with Crippen LogP contribution in [0.25, 0.3) is 5.70 Å². The van der Waals surface area contributed by atoms with E-state index in [2.05, 4.69) is 15.4 Å². The molecule has 1 unspecified atom stereocenters. The molecule has 1 atom stereocenters. The van der Waals surface area contributed by atoms with Gasteiger partial charge in [0.1, 0.15) is 6.33 Å². The van der Waals surface area contributed by atoms with Crippen LogP contribution in [0.2, 0.25) is 0 Å². The van der Waals surface area contributed by atoms with Crippen molar-refractivity contribution in [2.45, 2.75) is 22.3 Å².